The summed E-state index contributed by atoms with van der Waals surface area (Å²) in [7, 11) is 0. The molecule has 0 spiro atoms. The van der Waals surface area contributed by atoms with E-state index in [1.165, 1.54) is 11.5 Å². The minimum atomic E-state index is -0.126. The van der Waals surface area contributed by atoms with Crippen LogP contribution in [-0.2, 0) is 5.41 Å². The lowest BCUT2D eigenvalue weighted by atomic mass is 9.90. The van der Waals surface area contributed by atoms with E-state index in [1.54, 1.807) is 6.08 Å². The van der Waals surface area contributed by atoms with Crippen molar-refractivity contribution in [2.75, 3.05) is 0 Å². The molecule has 0 aromatic carbocycles. The molecule has 1 aromatic heterocycles. The fraction of sp³-hybridized carbons (Fsp3) is 0.500. The Labute approximate surface area is 88.0 Å². The second-order valence-corrected chi connectivity index (χ2v) is 4.87. The summed E-state index contributed by atoms with van der Waals surface area (Å²) in [5.41, 5.74) is 0.661. The number of carbonyl (C=O) groups excluding carboxylic acids is 1. The van der Waals surface area contributed by atoms with E-state index in [0.29, 0.717) is 11.3 Å². The quantitative estimate of drug-likeness (QED) is 0.569. The monoisotopic (exact) mass is 210 g/mol. The van der Waals surface area contributed by atoms with Gasteiger partial charge in [-0.3, -0.25) is 4.79 Å². The van der Waals surface area contributed by atoms with Gasteiger partial charge in [-0.05, 0) is 11.5 Å². The minimum absolute atomic E-state index is 0.0555. The van der Waals surface area contributed by atoms with Gasteiger partial charge in [-0.25, -0.2) is 0 Å². The summed E-state index contributed by atoms with van der Waals surface area (Å²) in [5, 5.41) is 4.00. The molecule has 0 amide bonds. The van der Waals surface area contributed by atoms with E-state index in [1.807, 2.05) is 20.8 Å². The van der Waals surface area contributed by atoms with Crippen LogP contribution in [0.5, 0.6) is 0 Å². The van der Waals surface area contributed by atoms with Crippen LogP contribution in [-0.4, -0.2) is 15.4 Å². The van der Waals surface area contributed by atoms with Gasteiger partial charge < -0.3 is 0 Å². The molecule has 0 aliphatic carbocycles. The van der Waals surface area contributed by atoms with Crippen LogP contribution >= 0.6 is 11.5 Å². The number of aromatic nitrogens is 2. The molecule has 0 atom stereocenters. The van der Waals surface area contributed by atoms with Gasteiger partial charge in [-0.15, -0.1) is 11.7 Å². The maximum atomic E-state index is 11.6. The molecule has 76 valence electrons. The first-order valence-corrected chi connectivity index (χ1v) is 5.21. The number of hydrogen-bond donors (Lipinski definition) is 0. The molecule has 14 heavy (non-hydrogen) atoms. The number of carbonyl (C=O) groups is 1. The molecule has 0 aliphatic rings. The molecule has 1 rings (SSSR count). The molecule has 1 heterocycles. The Hall–Kier alpha value is -1.03. The van der Waals surface area contributed by atoms with Gasteiger partial charge >= 0.3 is 0 Å². The highest BCUT2D eigenvalue weighted by Crippen LogP contribution is 2.26. The zero-order valence-corrected chi connectivity index (χ0v) is 9.52. The van der Waals surface area contributed by atoms with E-state index < -0.39 is 0 Å². The maximum Gasteiger partial charge on any atom is 0.180 e. The first-order chi connectivity index (χ1) is 6.46. The van der Waals surface area contributed by atoms with Gasteiger partial charge in [0, 0.05) is 11.8 Å². The van der Waals surface area contributed by atoms with Gasteiger partial charge in [-0.2, -0.15) is 0 Å². The molecule has 0 fully saturated rings. The molecule has 0 saturated carbocycles. The van der Waals surface area contributed by atoms with Crippen molar-refractivity contribution in [2.45, 2.75) is 32.6 Å². The van der Waals surface area contributed by atoms with Crippen molar-refractivity contribution < 1.29 is 4.79 Å². The van der Waals surface area contributed by atoms with Gasteiger partial charge in [-0.1, -0.05) is 31.3 Å². The van der Waals surface area contributed by atoms with Crippen LogP contribution in [0.3, 0.4) is 0 Å². The Bertz CT molecular complexity index is 349. The Morgan fingerprint density at radius 1 is 1.57 bits per heavy atom. The molecule has 0 saturated heterocycles. The highest BCUT2D eigenvalue weighted by Gasteiger charge is 2.25. The van der Waals surface area contributed by atoms with Crippen LogP contribution in [0, 0.1) is 0 Å². The first kappa shape index (κ1) is 11.0. The molecule has 0 aliphatic heterocycles. The van der Waals surface area contributed by atoms with Crippen molar-refractivity contribution in [1.29, 1.82) is 0 Å². The normalized spacial score (nSPS) is 11.4. The molecular weight excluding hydrogens is 196 g/mol. The largest absolute Gasteiger partial charge is 0.293 e. The van der Waals surface area contributed by atoms with Crippen LogP contribution in [0.2, 0.25) is 0 Å². The van der Waals surface area contributed by atoms with Gasteiger partial charge in [0.05, 0.1) is 5.69 Å². The number of nitrogens with zero attached hydrogens (tertiary/aromatic N) is 2. The highest BCUT2D eigenvalue weighted by atomic mass is 32.1. The van der Waals surface area contributed by atoms with Crippen LogP contribution in [0.15, 0.2) is 12.7 Å². The summed E-state index contributed by atoms with van der Waals surface area (Å²) in [6.07, 6.45) is 1.96. The van der Waals surface area contributed by atoms with Crippen molar-refractivity contribution in [3.63, 3.8) is 0 Å². The van der Waals surface area contributed by atoms with Crippen LogP contribution in [0.4, 0.5) is 0 Å². The third kappa shape index (κ3) is 2.26. The SMILES string of the molecule is C=CCC(=O)c1snnc1C(C)(C)C. The molecule has 3 nitrogen and oxygen atoms in total. The summed E-state index contributed by atoms with van der Waals surface area (Å²) in [6.45, 7) is 9.61. The predicted molar refractivity (Wildman–Crippen MR) is 57.8 cm³/mol. The number of hydrogen-bond acceptors (Lipinski definition) is 4. The highest BCUT2D eigenvalue weighted by molar-refractivity contribution is 7.08. The second kappa shape index (κ2) is 4.00. The average Bonchev–Trinajstić information content (AvgIpc) is 2.50. The van der Waals surface area contributed by atoms with E-state index in [-0.39, 0.29) is 11.2 Å². The third-order valence-electron chi connectivity index (χ3n) is 1.78. The van der Waals surface area contributed by atoms with Crippen molar-refractivity contribution in [3.8, 4) is 0 Å². The van der Waals surface area contributed by atoms with E-state index in [4.69, 9.17) is 0 Å². The molecule has 0 bridgehead atoms. The first-order valence-electron chi connectivity index (χ1n) is 4.43. The standard InChI is InChI=1S/C10H14N2OS/c1-5-6-7(13)8-9(10(2,3)4)11-12-14-8/h5H,1,6H2,2-4H3. The van der Waals surface area contributed by atoms with Crippen molar-refractivity contribution in [3.05, 3.63) is 23.2 Å². The lowest BCUT2D eigenvalue weighted by Crippen LogP contribution is -2.16. The third-order valence-corrected chi connectivity index (χ3v) is 2.55. The van der Waals surface area contributed by atoms with Crippen molar-refractivity contribution in [1.82, 2.24) is 9.59 Å². The molecule has 0 N–H and O–H groups in total. The second-order valence-electron chi connectivity index (χ2n) is 4.12. The Balaban J connectivity index is 3.04. The Morgan fingerprint density at radius 2 is 2.21 bits per heavy atom. The zero-order valence-electron chi connectivity index (χ0n) is 8.70. The fourth-order valence-corrected chi connectivity index (χ4v) is 1.91. The Kier molecular flexibility index (Phi) is 3.16. The summed E-state index contributed by atoms with van der Waals surface area (Å²) < 4.78 is 3.83. The molecule has 4 heteroatoms. The number of rotatable bonds is 3. The van der Waals surface area contributed by atoms with E-state index in [0.717, 1.165) is 5.69 Å². The minimum Gasteiger partial charge on any atom is -0.293 e. The number of Topliss-reactive ketones (excluding diaryl/α,β-unsaturated/α-hetero) is 1. The predicted octanol–water partition coefficient (Wildman–Crippen LogP) is 2.59. The average molecular weight is 210 g/mol. The number of ketones is 1. The molecule has 1 aromatic rings. The van der Waals surface area contributed by atoms with Gasteiger partial charge in [0.1, 0.15) is 4.88 Å². The molecule has 0 unspecified atom stereocenters. The van der Waals surface area contributed by atoms with Gasteiger partial charge in [0.25, 0.3) is 0 Å². The fourth-order valence-electron chi connectivity index (χ4n) is 1.09. The summed E-state index contributed by atoms with van der Waals surface area (Å²) in [4.78, 5) is 12.3. The maximum absolute atomic E-state index is 11.6. The van der Waals surface area contributed by atoms with Crippen LogP contribution < -0.4 is 0 Å². The van der Waals surface area contributed by atoms with E-state index in [2.05, 4.69) is 16.2 Å². The lowest BCUT2D eigenvalue weighted by Gasteiger charge is -2.15. The lowest BCUT2D eigenvalue weighted by molar-refractivity contribution is 0.0997. The summed E-state index contributed by atoms with van der Waals surface area (Å²) in [5.74, 6) is 0.0555. The van der Waals surface area contributed by atoms with Crippen LogP contribution in [0.25, 0.3) is 0 Å². The number of allylic oxidation sites excluding steroid dienone is 1. The van der Waals surface area contributed by atoms with E-state index in [9.17, 15) is 4.79 Å². The molecule has 0 radical (unpaired) electrons. The van der Waals surface area contributed by atoms with Crippen molar-refractivity contribution in [2.24, 2.45) is 0 Å². The summed E-state index contributed by atoms with van der Waals surface area (Å²) >= 11 is 1.17. The van der Waals surface area contributed by atoms with Gasteiger partial charge in [0.2, 0.25) is 0 Å². The Morgan fingerprint density at radius 3 is 2.71 bits per heavy atom. The summed E-state index contributed by atoms with van der Waals surface area (Å²) in [6, 6.07) is 0. The zero-order chi connectivity index (χ0) is 10.8. The smallest absolute Gasteiger partial charge is 0.180 e. The van der Waals surface area contributed by atoms with Crippen molar-refractivity contribution >= 4 is 17.3 Å². The van der Waals surface area contributed by atoms with E-state index >= 15 is 0 Å². The molecular formula is C10H14N2OS. The van der Waals surface area contributed by atoms with Crippen LogP contribution in [0.1, 0.15) is 42.6 Å². The topological polar surface area (TPSA) is 42.9 Å². The van der Waals surface area contributed by atoms with Gasteiger partial charge in [0.15, 0.2) is 5.78 Å².